The predicted molar refractivity (Wildman–Crippen MR) is 71.9 cm³/mol. The van der Waals surface area contributed by atoms with E-state index in [2.05, 4.69) is 33.8 Å². The van der Waals surface area contributed by atoms with Gasteiger partial charge in [0.25, 0.3) is 5.56 Å². The van der Waals surface area contributed by atoms with Crippen LogP contribution in [0.25, 0.3) is 0 Å². The number of hydrogen-bond donors (Lipinski definition) is 0. The van der Waals surface area contributed by atoms with Crippen LogP contribution in [0.5, 0.6) is 0 Å². The Bertz CT molecular complexity index is 478. The van der Waals surface area contributed by atoms with E-state index in [0.717, 1.165) is 11.3 Å². The monoisotopic (exact) mass is 233 g/mol. The summed E-state index contributed by atoms with van der Waals surface area (Å²) in [7, 11) is 0. The van der Waals surface area contributed by atoms with Crippen LogP contribution < -0.4 is 5.56 Å². The highest BCUT2D eigenvalue weighted by Crippen LogP contribution is 2.41. The lowest BCUT2D eigenvalue weighted by molar-refractivity contribution is 0.554. The van der Waals surface area contributed by atoms with Gasteiger partial charge < -0.3 is 4.57 Å². The third kappa shape index (κ3) is 2.18. The van der Waals surface area contributed by atoms with Gasteiger partial charge in [0.15, 0.2) is 0 Å². The summed E-state index contributed by atoms with van der Waals surface area (Å²) in [6, 6.07) is 2.47. The minimum atomic E-state index is 0.251. The van der Waals surface area contributed by atoms with Crippen molar-refractivity contribution in [2.24, 2.45) is 0 Å². The van der Waals surface area contributed by atoms with Crippen molar-refractivity contribution in [2.75, 3.05) is 0 Å². The molecule has 1 heterocycles. The van der Waals surface area contributed by atoms with Crippen molar-refractivity contribution in [1.82, 2.24) is 4.57 Å². The maximum absolute atomic E-state index is 12.6. The molecule has 2 heteroatoms. The van der Waals surface area contributed by atoms with E-state index in [0.29, 0.717) is 11.8 Å². The molecule has 0 unspecified atom stereocenters. The van der Waals surface area contributed by atoms with E-state index in [1.165, 1.54) is 18.4 Å². The highest BCUT2D eigenvalue weighted by molar-refractivity contribution is 5.35. The van der Waals surface area contributed by atoms with Crippen LogP contribution in [0.15, 0.2) is 10.9 Å². The third-order valence-electron chi connectivity index (χ3n) is 3.63. The molecular weight excluding hydrogens is 210 g/mol. The van der Waals surface area contributed by atoms with Gasteiger partial charge in [-0.15, -0.1) is 0 Å². The van der Waals surface area contributed by atoms with Crippen molar-refractivity contribution in [3.05, 3.63) is 33.2 Å². The van der Waals surface area contributed by atoms with E-state index in [-0.39, 0.29) is 11.6 Å². The molecule has 1 aliphatic carbocycles. The second kappa shape index (κ2) is 4.32. The molecule has 1 saturated carbocycles. The highest BCUT2D eigenvalue weighted by Gasteiger charge is 2.31. The van der Waals surface area contributed by atoms with E-state index in [1.807, 2.05) is 11.5 Å². The van der Waals surface area contributed by atoms with Gasteiger partial charge in [-0.25, -0.2) is 0 Å². The van der Waals surface area contributed by atoms with E-state index >= 15 is 0 Å². The van der Waals surface area contributed by atoms with Crippen molar-refractivity contribution in [2.45, 2.75) is 65.3 Å². The Balaban J connectivity index is 2.68. The molecule has 0 radical (unpaired) electrons. The molecule has 0 amide bonds. The molecule has 1 aromatic heterocycles. The summed E-state index contributed by atoms with van der Waals surface area (Å²) in [5.74, 6) is 0.976. The van der Waals surface area contributed by atoms with Crippen LogP contribution in [0, 0.1) is 6.92 Å². The summed E-state index contributed by atoms with van der Waals surface area (Å²) in [5, 5.41) is 0. The Hall–Kier alpha value is -1.05. The first-order valence-electron chi connectivity index (χ1n) is 6.69. The number of hydrogen-bond acceptors (Lipinski definition) is 1. The molecule has 2 nitrogen and oxygen atoms in total. The summed E-state index contributed by atoms with van der Waals surface area (Å²) < 4.78 is 1.94. The molecule has 0 bridgehead atoms. The van der Waals surface area contributed by atoms with E-state index < -0.39 is 0 Å². The smallest absolute Gasteiger partial charge is 0.254 e. The van der Waals surface area contributed by atoms with Gasteiger partial charge in [0.1, 0.15) is 0 Å². The molecule has 0 N–H and O–H groups in total. The molecule has 2 rings (SSSR count). The zero-order chi connectivity index (χ0) is 12.7. The van der Waals surface area contributed by atoms with Crippen molar-refractivity contribution < 1.29 is 0 Å². The second-order valence-corrected chi connectivity index (χ2v) is 5.85. The average Bonchev–Trinajstić information content (AvgIpc) is 2.99. The van der Waals surface area contributed by atoms with Crippen LogP contribution in [0.1, 0.15) is 75.2 Å². The fraction of sp³-hybridized carbons (Fsp3) is 0.667. The molecular formula is C15H23NO. The molecule has 0 saturated heterocycles. The summed E-state index contributed by atoms with van der Waals surface area (Å²) in [4.78, 5) is 12.6. The van der Waals surface area contributed by atoms with Crippen LogP contribution in [0.2, 0.25) is 0 Å². The minimum Gasteiger partial charge on any atom is -0.310 e. The first kappa shape index (κ1) is 12.4. The molecule has 0 aliphatic heterocycles. The summed E-state index contributed by atoms with van der Waals surface area (Å²) in [6.07, 6.45) is 2.38. The average molecular weight is 233 g/mol. The van der Waals surface area contributed by atoms with Gasteiger partial charge in [-0.05, 0) is 57.1 Å². The van der Waals surface area contributed by atoms with Crippen molar-refractivity contribution in [3.63, 3.8) is 0 Å². The van der Waals surface area contributed by atoms with E-state index in [1.54, 1.807) is 0 Å². The van der Waals surface area contributed by atoms with Crippen molar-refractivity contribution in [1.29, 1.82) is 0 Å². The lowest BCUT2D eigenvalue weighted by Gasteiger charge is -2.20. The Kier molecular flexibility index (Phi) is 3.15. The van der Waals surface area contributed by atoms with Crippen molar-refractivity contribution >= 4 is 0 Å². The lowest BCUT2D eigenvalue weighted by Crippen LogP contribution is -2.28. The normalized spacial score (nSPS) is 15.9. The Morgan fingerprint density at radius 1 is 1.24 bits per heavy atom. The fourth-order valence-electron chi connectivity index (χ4n) is 2.69. The number of pyridine rings is 1. The predicted octanol–water partition coefficient (Wildman–Crippen LogP) is 3.74. The van der Waals surface area contributed by atoms with E-state index in [9.17, 15) is 4.79 Å². The van der Waals surface area contributed by atoms with Gasteiger partial charge in [-0.3, -0.25) is 4.79 Å². The van der Waals surface area contributed by atoms with Gasteiger partial charge in [0.2, 0.25) is 0 Å². The third-order valence-corrected chi connectivity index (χ3v) is 3.63. The van der Waals surface area contributed by atoms with Crippen molar-refractivity contribution in [3.8, 4) is 0 Å². The molecule has 1 fully saturated rings. The lowest BCUT2D eigenvalue weighted by atomic mass is 9.94. The summed E-state index contributed by atoms with van der Waals surface area (Å²) >= 11 is 0. The Morgan fingerprint density at radius 3 is 2.24 bits per heavy atom. The molecule has 0 aromatic carbocycles. The molecule has 1 aromatic rings. The number of rotatable bonds is 3. The quantitative estimate of drug-likeness (QED) is 0.779. The van der Waals surface area contributed by atoms with Crippen LogP contribution in [0.4, 0.5) is 0 Å². The van der Waals surface area contributed by atoms with Crippen LogP contribution >= 0.6 is 0 Å². The maximum Gasteiger partial charge on any atom is 0.254 e. The van der Waals surface area contributed by atoms with Crippen LogP contribution in [-0.2, 0) is 0 Å². The molecule has 0 spiro atoms. The summed E-state index contributed by atoms with van der Waals surface area (Å²) in [5.41, 5.74) is 3.72. The largest absolute Gasteiger partial charge is 0.310 e. The maximum atomic E-state index is 12.6. The zero-order valence-corrected chi connectivity index (χ0v) is 11.6. The van der Waals surface area contributed by atoms with Gasteiger partial charge >= 0.3 is 0 Å². The second-order valence-electron chi connectivity index (χ2n) is 5.85. The number of aryl methyl sites for hydroxylation is 1. The molecule has 1 aliphatic rings. The van der Waals surface area contributed by atoms with Crippen LogP contribution in [-0.4, -0.2) is 4.57 Å². The topological polar surface area (TPSA) is 22.0 Å². The zero-order valence-electron chi connectivity index (χ0n) is 11.6. The SMILES string of the molecule is Cc1cc(C(C)C)c(C2CC2)c(=O)n1C(C)C. The molecule has 0 atom stereocenters. The minimum absolute atomic E-state index is 0.251. The number of aromatic nitrogens is 1. The molecule has 94 valence electrons. The summed E-state index contributed by atoms with van der Waals surface area (Å²) in [6.45, 7) is 10.6. The Labute approximate surface area is 104 Å². The first-order valence-corrected chi connectivity index (χ1v) is 6.69. The van der Waals surface area contributed by atoms with Gasteiger partial charge in [-0.2, -0.15) is 0 Å². The van der Waals surface area contributed by atoms with Gasteiger partial charge in [-0.1, -0.05) is 13.8 Å². The highest BCUT2D eigenvalue weighted by atomic mass is 16.1. The number of nitrogens with zero attached hydrogens (tertiary/aromatic N) is 1. The fourth-order valence-corrected chi connectivity index (χ4v) is 2.69. The van der Waals surface area contributed by atoms with Crippen LogP contribution in [0.3, 0.4) is 0 Å². The van der Waals surface area contributed by atoms with Gasteiger partial charge in [0, 0.05) is 17.3 Å². The van der Waals surface area contributed by atoms with Gasteiger partial charge in [0.05, 0.1) is 0 Å². The first-order chi connectivity index (χ1) is 7.93. The van der Waals surface area contributed by atoms with E-state index in [4.69, 9.17) is 0 Å². The molecule has 17 heavy (non-hydrogen) atoms. The Morgan fingerprint density at radius 2 is 1.82 bits per heavy atom. The standard InChI is InChI=1S/C15H23NO/c1-9(2)13-8-11(5)16(10(3)4)15(17)14(13)12-6-7-12/h8-10,12H,6-7H2,1-5H3.